The number of nitrogens with one attached hydrogen (secondary N) is 1. The molecule has 0 unspecified atom stereocenters. The molecule has 110 valence electrons. The molecule has 7 nitrogen and oxygen atoms in total. The van der Waals surface area contributed by atoms with E-state index < -0.39 is 17.2 Å². The molecule has 0 aliphatic heterocycles. The van der Waals surface area contributed by atoms with Gasteiger partial charge in [-0.3, -0.25) is 14.3 Å². The highest BCUT2D eigenvalue weighted by Gasteiger charge is 2.24. The molecule has 0 saturated carbocycles. The summed E-state index contributed by atoms with van der Waals surface area (Å²) in [4.78, 5) is 42.0. The summed E-state index contributed by atoms with van der Waals surface area (Å²) >= 11 is 0. The molecule has 2 aromatic heterocycles. The van der Waals surface area contributed by atoms with Gasteiger partial charge in [-0.2, -0.15) is 0 Å². The third kappa shape index (κ3) is 2.05. The third-order valence-corrected chi connectivity index (χ3v) is 3.99. The van der Waals surface area contributed by atoms with E-state index in [9.17, 15) is 19.5 Å². The summed E-state index contributed by atoms with van der Waals surface area (Å²) in [5.41, 5.74) is 0.181. The fraction of sp³-hybridized carbons (Fsp3) is 0.429. The zero-order valence-corrected chi connectivity index (χ0v) is 11.6. The highest BCUT2D eigenvalue weighted by Crippen LogP contribution is 2.26. The number of aromatic nitrogens is 3. The zero-order valence-electron chi connectivity index (χ0n) is 11.6. The van der Waals surface area contributed by atoms with Crippen molar-refractivity contribution in [1.29, 1.82) is 0 Å². The number of pyridine rings is 1. The van der Waals surface area contributed by atoms with Crippen LogP contribution in [0.25, 0.3) is 11.0 Å². The van der Waals surface area contributed by atoms with E-state index in [0.29, 0.717) is 24.1 Å². The maximum Gasteiger partial charge on any atom is 0.336 e. The van der Waals surface area contributed by atoms with E-state index >= 15 is 0 Å². The molecule has 7 heteroatoms. The number of H-pyrrole nitrogens is 1. The lowest BCUT2D eigenvalue weighted by molar-refractivity contribution is 0.0697. The number of rotatable bonds is 1. The topological polar surface area (TPSA) is 105 Å². The molecule has 2 N–H and O–H groups in total. The van der Waals surface area contributed by atoms with E-state index in [1.165, 1.54) is 11.6 Å². The molecule has 3 rings (SSSR count). The minimum atomic E-state index is -1.15. The molecule has 2 heterocycles. The Labute approximate surface area is 119 Å². The summed E-state index contributed by atoms with van der Waals surface area (Å²) in [6.45, 7) is 0. The SMILES string of the molecule is Cn1c(=O)[nH]c(=O)c2c(C(=O)O)c3c(nc21)CCCCC3. The smallest absolute Gasteiger partial charge is 0.336 e. The molecule has 0 amide bonds. The highest BCUT2D eigenvalue weighted by molar-refractivity contribution is 6.03. The Morgan fingerprint density at radius 1 is 1.24 bits per heavy atom. The van der Waals surface area contributed by atoms with Gasteiger partial charge >= 0.3 is 11.7 Å². The van der Waals surface area contributed by atoms with Gasteiger partial charge in [-0.05, 0) is 31.2 Å². The van der Waals surface area contributed by atoms with Crippen molar-refractivity contribution in [2.24, 2.45) is 7.05 Å². The van der Waals surface area contributed by atoms with Crippen LogP contribution in [0.1, 0.15) is 40.9 Å². The highest BCUT2D eigenvalue weighted by atomic mass is 16.4. The quantitative estimate of drug-likeness (QED) is 0.747. The van der Waals surface area contributed by atoms with Crippen molar-refractivity contribution in [3.05, 3.63) is 37.7 Å². The zero-order chi connectivity index (χ0) is 15.1. The fourth-order valence-corrected chi connectivity index (χ4v) is 2.94. The Morgan fingerprint density at radius 3 is 2.67 bits per heavy atom. The maximum atomic E-state index is 12.1. The van der Waals surface area contributed by atoms with Crippen molar-refractivity contribution in [3.8, 4) is 0 Å². The Bertz CT molecular complexity index is 863. The molecular weight excluding hydrogens is 274 g/mol. The Balaban J connectivity index is 2.55. The van der Waals surface area contributed by atoms with Crippen molar-refractivity contribution in [1.82, 2.24) is 14.5 Å². The summed E-state index contributed by atoms with van der Waals surface area (Å²) in [5, 5.41) is 9.54. The summed E-state index contributed by atoms with van der Waals surface area (Å²) in [7, 11) is 1.47. The van der Waals surface area contributed by atoms with Crippen LogP contribution >= 0.6 is 0 Å². The summed E-state index contributed by atoms with van der Waals surface area (Å²) in [5.74, 6) is -1.15. The summed E-state index contributed by atoms with van der Waals surface area (Å²) < 4.78 is 1.19. The van der Waals surface area contributed by atoms with E-state index in [-0.39, 0.29) is 16.6 Å². The normalized spacial score (nSPS) is 14.7. The monoisotopic (exact) mass is 289 g/mol. The van der Waals surface area contributed by atoms with Gasteiger partial charge in [0.2, 0.25) is 0 Å². The number of nitrogens with zero attached hydrogens (tertiary/aromatic N) is 2. The number of carboxylic acids is 1. The molecular formula is C14H15N3O4. The van der Waals surface area contributed by atoms with Crippen molar-refractivity contribution in [3.63, 3.8) is 0 Å². The molecule has 1 aliphatic rings. The lowest BCUT2D eigenvalue weighted by Crippen LogP contribution is -2.31. The van der Waals surface area contributed by atoms with Crippen LogP contribution in [-0.4, -0.2) is 25.6 Å². The van der Waals surface area contributed by atoms with Gasteiger partial charge in [-0.1, -0.05) is 6.42 Å². The van der Waals surface area contributed by atoms with Crippen LogP contribution in [0.15, 0.2) is 9.59 Å². The number of carbonyl (C=O) groups is 1. The largest absolute Gasteiger partial charge is 0.478 e. The van der Waals surface area contributed by atoms with Crippen LogP contribution < -0.4 is 11.2 Å². The second kappa shape index (κ2) is 4.83. The van der Waals surface area contributed by atoms with Crippen LogP contribution in [0.3, 0.4) is 0 Å². The van der Waals surface area contributed by atoms with E-state index in [1.54, 1.807) is 0 Å². The molecule has 0 aromatic carbocycles. The van der Waals surface area contributed by atoms with E-state index in [4.69, 9.17) is 0 Å². The Morgan fingerprint density at radius 2 is 1.95 bits per heavy atom. The van der Waals surface area contributed by atoms with Crippen molar-refractivity contribution < 1.29 is 9.90 Å². The van der Waals surface area contributed by atoms with Gasteiger partial charge in [0.15, 0.2) is 0 Å². The van der Waals surface area contributed by atoms with Crippen LogP contribution in [0.2, 0.25) is 0 Å². The second-order valence-electron chi connectivity index (χ2n) is 5.29. The minimum Gasteiger partial charge on any atom is -0.478 e. The fourth-order valence-electron chi connectivity index (χ4n) is 2.94. The van der Waals surface area contributed by atoms with Crippen LogP contribution in [0.5, 0.6) is 0 Å². The average molecular weight is 289 g/mol. The molecule has 0 bridgehead atoms. The van der Waals surface area contributed by atoms with Gasteiger partial charge in [0.05, 0.1) is 10.9 Å². The first-order valence-electron chi connectivity index (χ1n) is 6.88. The number of aromatic amines is 1. The van der Waals surface area contributed by atoms with Gasteiger partial charge in [0.25, 0.3) is 5.56 Å². The Kier molecular flexibility index (Phi) is 3.12. The van der Waals surface area contributed by atoms with Crippen molar-refractivity contribution >= 4 is 17.0 Å². The third-order valence-electron chi connectivity index (χ3n) is 3.99. The maximum absolute atomic E-state index is 12.1. The number of hydrogen-bond donors (Lipinski definition) is 2. The number of aromatic carboxylic acids is 1. The summed E-state index contributed by atoms with van der Waals surface area (Å²) in [6.07, 6.45) is 4.08. The minimum absolute atomic E-state index is 0.00579. The number of carboxylic acid groups (broad SMARTS) is 1. The second-order valence-corrected chi connectivity index (χ2v) is 5.29. The molecule has 21 heavy (non-hydrogen) atoms. The van der Waals surface area contributed by atoms with Crippen molar-refractivity contribution in [2.75, 3.05) is 0 Å². The molecule has 0 saturated heterocycles. The number of fused-ring (bicyclic) bond motifs is 2. The summed E-state index contributed by atoms with van der Waals surface area (Å²) in [6, 6.07) is 0. The molecule has 0 radical (unpaired) electrons. The average Bonchev–Trinajstić information content (AvgIpc) is 2.67. The number of hydrogen-bond acceptors (Lipinski definition) is 4. The number of aryl methyl sites for hydroxylation is 2. The lowest BCUT2D eigenvalue weighted by atomic mass is 9.99. The molecule has 0 atom stereocenters. The van der Waals surface area contributed by atoms with E-state index in [2.05, 4.69) is 9.97 Å². The standard InChI is InChI=1S/C14H15N3O4/c1-17-11-10(12(18)16-14(17)21)9(13(19)20)7-5-3-2-4-6-8(7)15-11/h2-6H2,1H3,(H,19,20)(H,16,18,21). The van der Waals surface area contributed by atoms with Gasteiger partial charge in [-0.15, -0.1) is 0 Å². The lowest BCUT2D eigenvalue weighted by Gasteiger charge is -2.13. The molecule has 1 aliphatic carbocycles. The van der Waals surface area contributed by atoms with Crippen molar-refractivity contribution in [2.45, 2.75) is 32.1 Å². The molecule has 0 spiro atoms. The first-order chi connectivity index (χ1) is 10.0. The van der Waals surface area contributed by atoms with Gasteiger partial charge < -0.3 is 5.11 Å². The molecule has 0 fully saturated rings. The predicted molar refractivity (Wildman–Crippen MR) is 75.8 cm³/mol. The van der Waals surface area contributed by atoms with Crippen LogP contribution in [-0.2, 0) is 19.9 Å². The van der Waals surface area contributed by atoms with Gasteiger partial charge in [-0.25, -0.2) is 14.6 Å². The molecule has 2 aromatic rings. The van der Waals surface area contributed by atoms with Crippen LogP contribution in [0.4, 0.5) is 0 Å². The van der Waals surface area contributed by atoms with Gasteiger partial charge in [0.1, 0.15) is 5.65 Å². The van der Waals surface area contributed by atoms with E-state index in [1.807, 2.05) is 0 Å². The first kappa shape index (κ1) is 13.5. The predicted octanol–water partition coefficient (Wildman–Crippen LogP) is 0.589. The first-order valence-corrected chi connectivity index (χ1v) is 6.88. The Hall–Kier alpha value is -2.44. The van der Waals surface area contributed by atoms with Crippen LogP contribution in [0, 0.1) is 0 Å². The van der Waals surface area contributed by atoms with E-state index in [0.717, 1.165) is 19.3 Å². The van der Waals surface area contributed by atoms with Gasteiger partial charge in [0, 0.05) is 12.7 Å².